The van der Waals surface area contributed by atoms with Crippen molar-refractivity contribution in [3.63, 3.8) is 0 Å². The van der Waals surface area contributed by atoms with Gasteiger partial charge in [0.1, 0.15) is 0 Å². The van der Waals surface area contributed by atoms with E-state index in [9.17, 15) is 29.8 Å². The summed E-state index contributed by atoms with van der Waals surface area (Å²) in [5, 5.41) is 29.5. The van der Waals surface area contributed by atoms with Crippen molar-refractivity contribution in [2.75, 3.05) is 0 Å². The Labute approximate surface area is 98.4 Å². The van der Waals surface area contributed by atoms with E-state index >= 15 is 0 Å². The lowest BCUT2D eigenvalue weighted by molar-refractivity contribution is -0.397. The molecule has 0 saturated heterocycles. The van der Waals surface area contributed by atoms with Crippen LogP contribution >= 0.6 is 0 Å². The highest BCUT2D eigenvalue weighted by molar-refractivity contribution is 5.66. The monoisotopic (exact) mass is 257 g/mol. The molecule has 0 spiro atoms. The van der Waals surface area contributed by atoms with Gasteiger partial charge in [0.2, 0.25) is 0 Å². The molecular formula is C8H7N3O7. The van der Waals surface area contributed by atoms with Crippen molar-refractivity contribution in [3.8, 4) is 0 Å². The molecule has 1 aromatic rings. The minimum atomic E-state index is -1.31. The van der Waals surface area contributed by atoms with Gasteiger partial charge in [-0.05, 0) is 0 Å². The Morgan fingerprint density at radius 2 is 1.67 bits per heavy atom. The molecule has 0 aromatic carbocycles. The first-order valence-corrected chi connectivity index (χ1v) is 4.57. The van der Waals surface area contributed by atoms with Gasteiger partial charge in [-0.1, -0.05) is 0 Å². The highest BCUT2D eigenvalue weighted by Crippen LogP contribution is 2.12. The minimum Gasteiger partial charge on any atom is -0.481 e. The summed E-state index contributed by atoms with van der Waals surface area (Å²) < 4.78 is 0.936. The van der Waals surface area contributed by atoms with Crippen LogP contribution in [0.15, 0.2) is 17.2 Å². The topological polar surface area (TPSA) is 146 Å². The van der Waals surface area contributed by atoms with Gasteiger partial charge in [0, 0.05) is 6.54 Å². The molecule has 0 fully saturated rings. The lowest BCUT2D eigenvalue weighted by Crippen LogP contribution is -2.17. The van der Waals surface area contributed by atoms with E-state index in [1.54, 1.807) is 0 Å². The Morgan fingerprint density at radius 3 is 2.00 bits per heavy atom. The number of carbonyl (C=O) groups is 1. The van der Waals surface area contributed by atoms with Crippen LogP contribution in [-0.4, -0.2) is 25.5 Å². The van der Waals surface area contributed by atoms with Gasteiger partial charge in [-0.2, -0.15) is 0 Å². The van der Waals surface area contributed by atoms with Crippen LogP contribution in [0.4, 0.5) is 11.4 Å². The second-order valence-electron chi connectivity index (χ2n) is 3.25. The molecule has 0 aliphatic carbocycles. The zero-order valence-electron chi connectivity index (χ0n) is 8.81. The fraction of sp³-hybridized carbons (Fsp3) is 0.250. The van der Waals surface area contributed by atoms with E-state index in [0.717, 1.165) is 17.0 Å². The molecule has 0 saturated carbocycles. The Balaban J connectivity index is 3.29. The molecule has 0 radical (unpaired) electrons. The van der Waals surface area contributed by atoms with E-state index in [4.69, 9.17) is 5.11 Å². The highest BCUT2D eigenvalue weighted by Gasteiger charge is 2.24. The van der Waals surface area contributed by atoms with Crippen LogP contribution in [0.25, 0.3) is 0 Å². The molecule has 96 valence electrons. The van der Waals surface area contributed by atoms with Crippen molar-refractivity contribution in [1.82, 2.24) is 4.57 Å². The van der Waals surface area contributed by atoms with E-state index in [-0.39, 0.29) is 13.0 Å². The number of hydrogen-bond acceptors (Lipinski definition) is 6. The summed E-state index contributed by atoms with van der Waals surface area (Å²) in [5.74, 6) is -1.17. The second-order valence-corrected chi connectivity index (χ2v) is 3.25. The van der Waals surface area contributed by atoms with E-state index in [0.29, 0.717) is 0 Å². The number of nitrogens with zero attached hydrogens (tertiary/aromatic N) is 3. The van der Waals surface area contributed by atoms with Crippen LogP contribution in [0.2, 0.25) is 0 Å². The van der Waals surface area contributed by atoms with Gasteiger partial charge in [0.25, 0.3) is 0 Å². The van der Waals surface area contributed by atoms with Gasteiger partial charge >= 0.3 is 22.8 Å². The highest BCUT2D eigenvalue weighted by atomic mass is 16.6. The van der Waals surface area contributed by atoms with Crippen molar-refractivity contribution in [2.24, 2.45) is 0 Å². The summed E-state index contributed by atoms with van der Waals surface area (Å²) in [6.07, 6.45) is 1.17. The Kier molecular flexibility index (Phi) is 3.72. The third-order valence-electron chi connectivity index (χ3n) is 2.02. The first-order valence-electron chi connectivity index (χ1n) is 4.57. The first-order chi connectivity index (χ1) is 8.32. The average molecular weight is 257 g/mol. The number of hydrogen-bond donors (Lipinski definition) is 1. The minimum absolute atomic E-state index is 0.211. The van der Waals surface area contributed by atoms with Crippen LogP contribution in [0, 0.1) is 20.2 Å². The molecule has 0 aliphatic rings. The molecule has 1 N–H and O–H groups in total. The number of aryl methyl sites for hydroxylation is 1. The lowest BCUT2D eigenvalue weighted by Gasteiger charge is -2.03. The van der Waals surface area contributed by atoms with Crippen LogP contribution < -0.4 is 5.43 Å². The molecule has 18 heavy (non-hydrogen) atoms. The van der Waals surface area contributed by atoms with E-state index < -0.39 is 32.6 Å². The SMILES string of the molecule is O=C(O)CCn1cc([N+](=O)[O-])c(=O)c([N+](=O)[O-])c1. The molecule has 1 heterocycles. The Bertz CT molecular complexity index is 538. The number of carboxylic acid groups (broad SMARTS) is 1. The van der Waals surface area contributed by atoms with E-state index in [1.807, 2.05) is 0 Å². The van der Waals surface area contributed by atoms with Crippen LogP contribution in [-0.2, 0) is 11.3 Å². The Hall–Kier alpha value is -2.78. The average Bonchev–Trinajstić information content (AvgIpc) is 2.26. The maximum atomic E-state index is 11.3. The maximum absolute atomic E-state index is 11.3. The lowest BCUT2D eigenvalue weighted by atomic mass is 10.3. The molecule has 0 aliphatic heterocycles. The van der Waals surface area contributed by atoms with Crippen LogP contribution in [0.3, 0.4) is 0 Å². The van der Waals surface area contributed by atoms with Crippen molar-refractivity contribution in [2.45, 2.75) is 13.0 Å². The number of carboxylic acids is 1. The molecular weight excluding hydrogens is 250 g/mol. The second kappa shape index (κ2) is 5.03. The molecule has 0 bridgehead atoms. The molecule has 1 rings (SSSR count). The number of pyridine rings is 1. The van der Waals surface area contributed by atoms with E-state index in [2.05, 4.69) is 0 Å². The van der Waals surface area contributed by atoms with Gasteiger partial charge in [-0.15, -0.1) is 0 Å². The van der Waals surface area contributed by atoms with Gasteiger partial charge < -0.3 is 9.67 Å². The smallest absolute Gasteiger partial charge is 0.339 e. The van der Waals surface area contributed by atoms with Crippen LogP contribution in [0.1, 0.15) is 6.42 Å². The summed E-state index contributed by atoms with van der Waals surface area (Å²) in [6, 6.07) is 0. The largest absolute Gasteiger partial charge is 0.481 e. The summed E-state index contributed by atoms with van der Waals surface area (Å²) in [7, 11) is 0. The third kappa shape index (κ3) is 2.87. The zero-order chi connectivity index (χ0) is 13.9. The molecule has 10 nitrogen and oxygen atoms in total. The van der Waals surface area contributed by atoms with Gasteiger partial charge in [-0.25, -0.2) is 0 Å². The van der Waals surface area contributed by atoms with Crippen molar-refractivity contribution >= 4 is 17.3 Å². The third-order valence-corrected chi connectivity index (χ3v) is 2.02. The molecule has 0 unspecified atom stereocenters. The normalized spacial score (nSPS) is 10.0. The summed E-state index contributed by atoms with van der Waals surface area (Å²) in [4.78, 5) is 40.6. The summed E-state index contributed by atoms with van der Waals surface area (Å²) >= 11 is 0. The summed E-state index contributed by atoms with van der Waals surface area (Å²) in [6.45, 7) is -0.211. The predicted molar refractivity (Wildman–Crippen MR) is 56.3 cm³/mol. The van der Waals surface area contributed by atoms with Crippen LogP contribution in [0.5, 0.6) is 0 Å². The standard InChI is InChI=1S/C8H7N3O7/c12-7(13)1-2-9-3-5(10(15)16)8(14)6(4-9)11(17)18/h3-4H,1-2H2,(H,12,13). The first kappa shape index (κ1) is 13.3. The molecule has 0 amide bonds. The van der Waals surface area contributed by atoms with E-state index in [1.165, 1.54) is 0 Å². The molecule has 1 aromatic heterocycles. The predicted octanol–water partition coefficient (Wildman–Crippen LogP) is 0.139. The van der Waals surface area contributed by atoms with Crippen molar-refractivity contribution in [1.29, 1.82) is 0 Å². The molecule has 0 atom stereocenters. The number of nitro groups is 2. The quantitative estimate of drug-likeness (QED) is 0.582. The van der Waals surface area contributed by atoms with Gasteiger partial charge in [-0.3, -0.25) is 29.8 Å². The fourth-order valence-electron chi connectivity index (χ4n) is 1.21. The fourth-order valence-corrected chi connectivity index (χ4v) is 1.21. The zero-order valence-corrected chi connectivity index (χ0v) is 8.81. The van der Waals surface area contributed by atoms with Crippen molar-refractivity contribution < 1.29 is 19.7 Å². The Morgan fingerprint density at radius 1 is 1.22 bits per heavy atom. The number of rotatable bonds is 5. The van der Waals surface area contributed by atoms with Gasteiger partial charge in [0.15, 0.2) is 0 Å². The maximum Gasteiger partial charge on any atom is 0.339 e. The number of aromatic nitrogens is 1. The molecule has 10 heteroatoms. The summed E-state index contributed by atoms with van der Waals surface area (Å²) in [5.41, 5.74) is -3.24. The van der Waals surface area contributed by atoms with Gasteiger partial charge in [0.05, 0.1) is 28.7 Å². The number of aliphatic carboxylic acids is 1. The van der Waals surface area contributed by atoms with Crippen molar-refractivity contribution in [3.05, 3.63) is 42.8 Å².